The van der Waals surface area contributed by atoms with Gasteiger partial charge < -0.3 is 5.11 Å². The predicted octanol–water partition coefficient (Wildman–Crippen LogP) is 2.37. The number of unbranched alkanes of at least 4 members (excludes halogenated alkanes) is 1. The molecule has 0 aromatic heterocycles. The molecule has 0 bridgehead atoms. The first-order valence-electron chi connectivity index (χ1n) is 3.81. The van der Waals surface area contributed by atoms with Gasteiger partial charge in [-0.2, -0.15) is 0 Å². The van der Waals surface area contributed by atoms with Gasteiger partial charge in [0.2, 0.25) is 0 Å². The molecule has 62 valence electrons. The number of allylic oxidation sites excluding steroid dienone is 3. The average molecular weight is 154 g/mol. The molecule has 0 heterocycles. The molecule has 2 nitrogen and oxygen atoms in total. The van der Waals surface area contributed by atoms with Crippen molar-refractivity contribution < 1.29 is 9.90 Å². The van der Waals surface area contributed by atoms with Gasteiger partial charge in [-0.05, 0) is 19.3 Å². The molecule has 0 aromatic rings. The minimum Gasteiger partial charge on any atom is -0.478 e. The van der Waals surface area contributed by atoms with E-state index < -0.39 is 5.97 Å². The predicted molar refractivity (Wildman–Crippen MR) is 45.4 cm³/mol. The molecule has 0 aliphatic rings. The van der Waals surface area contributed by atoms with E-state index in [0.717, 1.165) is 19.3 Å². The summed E-state index contributed by atoms with van der Waals surface area (Å²) in [5, 5.41) is 8.21. The Hall–Kier alpha value is -1.05. The maximum atomic E-state index is 9.98. The van der Waals surface area contributed by atoms with Crippen LogP contribution in [0.3, 0.4) is 0 Å². The van der Waals surface area contributed by atoms with Crippen molar-refractivity contribution in [3.05, 3.63) is 24.3 Å². The SMILES string of the molecule is CC/C=C/CC/C=C/C(=O)O. The van der Waals surface area contributed by atoms with E-state index in [0.29, 0.717) is 0 Å². The van der Waals surface area contributed by atoms with Crippen LogP contribution in [0.25, 0.3) is 0 Å². The standard InChI is InChI=1S/C9H14O2/c1-2-3-4-5-6-7-8-9(10)11/h3-4,7-8H,2,5-6H2,1H3,(H,10,11)/b4-3+,8-7+. The molecule has 0 fully saturated rings. The molecule has 0 radical (unpaired) electrons. The second-order valence-electron chi connectivity index (χ2n) is 2.20. The lowest BCUT2D eigenvalue weighted by molar-refractivity contribution is -0.131. The van der Waals surface area contributed by atoms with Crippen molar-refractivity contribution in [3.63, 3.8) is 0 Å². The summed E-state index contributed by atoms with van der Waals surface area (Å²) < 4.78 is 0. The Morgan fingerprint density at radius 3 is 2.45 bits per heavy atom. The third kappa shape index (κ3) is 8.95. The molecule has 0 aromatic carbocycles. The first kappa shape index (κ1) is 9.95. The smallest absolute Gasteiger partial charge is 0.327 e. The minimum absolute atomic E-state index is 0.808. The molecule has 0 atom stereocenters. The number of rotatable bonds is 5. The van der Waals surface area contributed by atoms with Crippen molar-refractivity contribution in [1.82, 2.24) is 0 Å². The highest BCUT2D eigenvalue weighted by atomic mass is 16.4. The minimum atomic E-state index is -0.871. The molecule has 0 amide bonds. The van der Waals surface area contributed by atoms with E-state index in [1.807, 2.05) is 0 Å². The monoisotopic (exact) mass is 154 g/mol. The zero-order valence-electron chi connectivity index (χ0n) is 6.79. The summed E-state index contributed by atoms with van der Waals surface area (Å²) in [6, 6.07) is 0. The van der Waals surface area contributed by atoms with Gasteiger partial charge in [0.25, 0.3) is 0 Å². The van der Waals surface area contributed by atoms with Crippen molar-refractivity contribution in [2.45, 2.75) is 26.2 Å². The second-order valence-corrected chi connectivity index (χ2v) is 2.20. The van der Waals surface area contributed by atoms with Gasteiger partial charge in [-0.3, -0.25) is 0 Å². The summed E-state index contributed by atoms with van der Waals surface area (Å²) in [5.41, 5.74) is 0. The molecule has 0 saturated heterocycles. The molecule has 0 rings (SSSR count). The fraction of sp³-hybridized carbons (Fsp3) is 0.444. The van der Waals surface area contributed by atoms with Gasteiger partial charge in [-0.15, -0.1) is 0 Å². The van der Waals surface area contributed by atoms with Crippen molar-refractivity contribution in [2.75, 3.05) is 0 Å². The van der Waals surface area contributed by atoms with E-state index in [4.69, 9.17) is 5.11 Å². The number of carboxylic acid groups (broad SMARTS) is 1. The Morgan fingerprint density at radius 1 is 1.27 bits per heavy atom. The highest BCUT2D eigenvalue weighted by Crippen LogP contribution is 1.93. The largest absolute Gasteiger partial charge is 0.478 e. The number of hydrogen-bond acceptors (Lipinski definition) is 1. The normalized spacial score (nSPS) is 11.4. The molecule has 0 unspecified atom stereocenters. The summed E-state index contributed by atoms with van der Waals surface area (Å²) in [5.74, 6) is -0.871. The van der Waals surface area contributed by atoms with Crippen molar-refractivity contribution in [3.8, 4) is 0 Å². The lowest BCUT2D eigenvalue weighted by Crippen LogP contribution is -1.84. The first-order chi connectivity index (χ1) is 5.27. The van der Waals surface area contributed by atoms with Crippen LogP contribution in [0.1, 0.15) is 26.2 Å². The van der Waals surface area contributed by atoms with Crippen LogP contribution in [0.2, 0.25) is 0 Å². The summed E-state index contributed by atoms with van der Waals surface area (Å²) in [6.07, 6.45) is 9.77. The third-order valence-electron chi connectivity index (χ3n) is 1.16. The third-order valence-corrected chi connectivity index (χ3v) is 1.16. The Kier molecular flexibility index (Phi) is 6.39. The lowest BCUT2D eigenvalue weighted by atomic mass is 10.2. The Morgan fingerprint density at radius 2 is 1.91 bits per heavy atom. The maximum absolute atomic E-state index is 9.98. The van der Waals surface area contributed by atoms with E-state index in [1.165, 1.54) is 6.08 Å². The highest BCUT2D eigenvalue weighted by molar-refractivity contribution is 5.79. The average Bonchev–Trinajstić information content (AvgIpc) is 1.96. The molecule has 0 spiro atoms. The summed E-state index contributed by atoms with van der Waals surface area (Å²) >= 11 is 0. The van der Waals surface area contributed by atoms with Crippen LogP contribution in [0.5, 0.6) is 0 Å². The molecule has 2 heteroatoms. The maximum Gasteiger partial charge on any atom is 0.327 e. The molecule has 0 aliphatic carbocycles. The van der Waals surface area contributed by atoms with Crippen LogP contribution >= 0.6 is 0 Å². The Labute approximate surface area is 67.2 Å². The van der Waals surface area contributed by atoms with Gasteiger partial charge in [-0.25, -0.2) is 4.79 Å². The van der Waals surface area contributed by atoms with Crippen molar-refractivity contribution in [2.24, 2.45) is 0 Å². The van der Waals surface area contributed by atoms with Gasteiger partial charge in [0.1, 0.15) is 0 Å². The van der Waals surface area contributed by atoms with Crippen LogP contribution in [0, 0.1) is 0 Å². The van der Waals surface area contributed by atoms with Crippen molar-refractivity contribution in [1.29, 1.82) is 0 Å². The molecule has 11 heavy (non-hydrogen) atoms. The number of carboxylic acids is 1. The summed E-state index contributed by atoms with van der Waals surface area (Å²) in [6.45, 7) is 2.07. The van der Waals surface area contributed by atoms with E-state index in [1.54, 1.807) is 6.08 Å². The zero-order chi connectivity index (χ0) is 8.53. The number of aliphatic carboxylic acids is 1. The summed E-state index contributed by atoms with van der Waals surface area (Å²) in [7, 11) is 0. The quantitative estimate of drug-likeness (QED) is 0.375. The van der Waals surface area contributed by atoms with E-state index in [-0.39, 0.29) is 0 Å². The summed E-state index contributed by atoms with van der Waals surface area (Å²) in [4.78, 5) is 9.98. The molecular weight excluding hydrogens is 140 g/mol. The van der Waals surface area contributed by atoms with Crippen LogP contribution in [-0.4, -0.2) is 11.1 Å². The fourth-order valence-corrected chi connectivity index (χ4v) is 0.661. The number of carbonyl (C=O) groups is 1. The topological polar surface area (TPSA) is 37.3 Å². The van der Waals surface area contributed by atoms with Gasteiger partial charge in [-0.1, -0.05) is 25.2 Å². The van der Waals surface area contributed by atoms with E-state index in [9.17, 15) is 4.79 Å². The Balaban J connectivity index is 3.27. The van der Waals surface area contributed by atoms with E-state index in [2.05, 4.69) is 19.1 Å². The van der Waals surface area contributed by atoms with Crippen LogP contribution in [0.4, 0.5) is 0 Å². The molecule has 0 aliphatic heterocycles. The van der Waals surface area contributed by atoms with Gasteiger partial charge in [0.05, 0.1) is 0 Å². The first-order valence-corrected chi connectivity index (χ1v) is 3.81. The van der Waals surface area contributed by atoms with Gasteiger partial charge in [0.15, 0.2) is 0 Å². The van der Waals surface area contributed by atoms with Crippen LogP contribution < -0.4 is 0 Å². The molecule has 0 saturated carbocycles. The van der Waals surface area contributed by atoms with Crippen LogP contribution in [-0.2, 0) is 4.79 Å². The highest BCUT2D eigenvalue weighted by Gasteiger charge is 1.82. The van der Waals surface area contributed by atoms with Crippen LogP contribution in [0.15, 0.2) is 24.3 Å². The lowest BCUT2D eigenvalue weighted by Gasteiger charge is -1.84. The fourth-order valence-electron chi connectivity index (χ4n) is 0.661. The second kappa shape index (κ2) is 7.06. The van der Waals surface area contributed by atoms with E-state index >= 15 is 0 Å². The molecular formula is C9H14O2. The molecule has 1 N–H and O–H groups in total. The zero-order valence-corrected chi connectivity index (χ0v) is 6.79. The van der Waals surface area contributed by atoms with Gasteiger partial charge in [0, 0.05) is 6.08 Å². The Bertz CT molecular complexity index is 157. The van der Waals surface area contributed by atoms with Crippen molar-refractivity contribution >= 4 is 5.97 Å². The number of hydrogen-bond donors (Lipinski definition) is 1. The van der Waals surface area contributed by atoms with Gasteiger partial charge >= 0.3 is 5.97 Å².